The SMILES string of the molecule is Cc1ccc(-c2ccc(F)cc2)c(C(=O)N2CCC[C@@H](C)C2CNc2ccc(C(F)(F)F)cn2)n1. The van der Waals surface area contributed by atoms with Gasteiger partial charge in [0.2, 0.25) is 0 Å². The molecule has 3 aromatic rings. The topological polar surface area (TPSA) is 58.1 Å². The Morgan fingerprint density at radius 1 is 1.11 bits per heavy atom. The molecule has 1 saturated heterocycles. The zero-order valence-corrected chi connectivity index (χ0v) is 19.4. The van der Waals surface area contributed by atoms with Crippen LogP contribution in [0.3, 0.4) is 0 Å². The third-order valence-electron chi connectivity index (χ3n) is 6.35. The molecular formula is C26H26F4N4O. The van der Waals surface area contributed by atoms with E-state index in [-0.39, 0.29) is 23.7 Å². The summed E-state index contributed by atoms with van der Waals surface area (Å²) < 4.78 is 51.9. The number of halogens is 4. The van der Waals surface area contributed by atoms with Crippen molar-refractivity contribution < 1.29 is 22.4 Å². The van der Waals surface area contributed by atoms with E-state index in [1.54, 1.807) is 24.0 Å². The second-order valence-corrected chi connectivity index (χ2v) is 8.85. The van der Waals surface area contributed by atoms with E-state index in [1.165, 1.54) is 18.2 Å². The van der Waals surface area contributed by atoms with Crippen LogP contribution < -0.4 is 5.32 Å². The van der Waals surface area contributed by atoms with Gasteiger partial charge in [-0.25, -0.2) is 14.4 Å². The molecule has 1 N–H and O–H groups in total. The van der Waals surface area contributed by atoms with Gasteiger partial charge in [-0.05, 0) is 61.6 Å². The first kappa shape index (κ1) is 24.6. The zero-order chi connectivity index (χ0) is 25.2. The maximum Gasteiger partial charge on any atom is 0.417 e. The monoisotopic (exact) mass is 486 g/mol. The van der Waals surface area contributed by atoms with Crippen LogP contribution in [0.15, 0.2) is 54.7 Å². The molecule has 184 valence electrons. The number of benzene rings is 1. The Labute approximate surface area is 201 Å². The number of aromatic nitrogens is 2. The fourth-order valence-electron chi connectivity index (χ4n) is 4.41. The second kappa shape index (κ2) is 10.0. The molecular weight excluding hydrogens is 460 g/mol. The van der Waals surface area contributed by atoms with Gasteiger partial charge >= 0.3 is 6.18 Å². The van der Waals surface area contributed by atoms with Gasteiger partial charge in [0, 0.05) is 30.5 Å². The Morgan fingerprint density at radius 2 is 1.86 bits per heavy atom. The lowest BCUT2D eigenvalue weighted by Gasteiger charge is -2.40. The van der Waals surface area contributed by atoms with Crippen LogP contribution in [0.25, 0.3) is 11.1 Å². The number of pyridine rings is 2. The first-order valence-electron chi connectivity index (χ1n) is 11.4. The standard InChI is InChI=1S/C26H26F4N4O/c1-16-4-3-13-34(22(16)15-32-23-12-8-19(14-31-23)26(28,29)30)25(35)24-21(11-5-17(2)33-24)18-6-9-20(27)10-7-18/h5-12,14,16,22H,3-4,13,15H2,1-2H3,(H,31,32)/t16-,22?/m1/s1. The summed E-state index contributed by atoms with van der Waals surface area (Å²) in [5.41, 5.74) is 1.48. The Hall–Kier alpha value is -3.49. The van der Waals surface area contributed by atoms with Crippen LogP contribution in [-0.4, -0.2) is 39.9 Å². The highest BCUT2D eigenvalue weighted by Gasteiger charge is 2.34. The van der Waals surface area contributed by atoms with Crippen LogP contribution in [0.4, 0.5) is 23.4 Å². The van der Waals surface area contributed by atoms with E-state index in [1.807, 2.05) is 12.1 Å². The van der Waals surface area contributed by atoms with Crippen LogP contribution >= 0.6 is 0 Å². The predicted octanol–water partition coefficient (Wildman–Crippen LogP) is 5.96. The molecule has 0 aliphatic carbocycles. The molecule has 9 heteroatoms. The number of carbonyl (C=O) groups is 1. The van der Waals surface area contributed by atoms with E-state index < -0.39 is 11.7 Å². The average Bonchev–Trinajstić information content (AvgIpc) is 2.83. The quantitative estimate of drug-likeness (QED) is 0.452. The van der Waals surface area contributed by atoms with Gasteiger partial charge in [-0.3, -0.25) is 4.79 Å². The van der Waals surface area contributed by atoms with E-state index >= 15 is 0 Å². The number of aryl methyl sites for hydroxylation is 1. The second-order valence-electron chi connectivity index (χ2n) is 8.85. The highest BCUT2D eigenvalue weighted by molar-refractivity contribution is 5.99. The van der Waals surface area contributed by atoms with E-state index in [2.05, 4.69) is 22.2 Å². The number of rotatable bonds is 5. The molecule has 5 nitrogen and oxygen atoms in total. The number of nitrogens with one attached hydrogen (secondary N) is 1. The largest absolute Gasteiger partial charge is 0.417 e. The summed E-state index contributed by atoms with van der Waals surface area (Å²) in [5, 5.41) is 3.09. The van der Waals surface area contributed by atoms with Crippen molar-refractivity contribution in [2.24, 2.45) is 5.92 Å². The number of likely N-dealkylation sites (tertiary alicyclic amines) is 1. The van der Waals surface area contributed by atoms with E-state index in [9.17, 15) is 22.4 Å². The molecule has 1 aromatic carbocycles. The van der Waals surface area contributed by atoms with Crippen LogP contribution in [0, 0.1) is 18.7 Å². The minimum Gasteiger partial charge on any atom is -0.368 e. The summed E-state index contributed by atoms with van der Waals surface area (Å²) in [6.45, 7) is 4.73. The first-order valence-corrected chi connectivity index (χ1v) is 11.4. The number of piperidine rings is 1. The maximum absolute atomic E-state index is 13.8. The number of hydrogen-bond donors (Lipinski definition) is 1. The van der Waals surface area contributed by atoms with Gasteiger partial charge in [-0.2, -0.15) is 13.2 Å². The van der Waals surface area contributed by atoms with Crippen LogP contribution in [-0.2, 0) is 6.18 Å². The molecule has 0 spiro atoms. The normalized spacial score (nSPS) is 18.4. The highest BCUT2D eigenvalue weighted by Crippen LogP contribution is 2.31. The third kappa shape index (κ3) is 5.61. The van der Waals surface area contributed by atoms with Gasteiger partial charge in [-0.1, -0.05) is 25.1 Å². The Balaban J connectivity index is 1.58. The first-order chi connectivity index (χ1) is 16.6. The predicted molar refractivity (Wildman–Crippen MR) is 125 cm³/mol. The van der Waals surface area contributed by atoms with Gasteiger partial charge < -0.3 is 10.2 Å². The number of carbonyl (C=O) groups excluding carboxylic acids is 1. The summed E-state index contributed by atoms with van der Waals surface area (Å²) >= 11 is 0. The van der Waals surface area contributed by atoms with Crippen LogP contribution in [0.5, 0.6) is 0 Å². The molecule has 3 heterocycles. The fraction of sp³-hybridized carbons (Fsp3) is 0.346. The van der Waals surface area contributed by atoms with Crippen molar-refractivity contribution in [1.82, 2.24) is 14.9 Å². The molecule has 1 aliphatic rings. The summed E-state index contributed by atoms with van der Waals surface area (Å²) in [4.78, 5) is 23.9. The van der Waals surface area contributed by atoms with Gasteiger partial charge in [0.05, 0.1) is 11.6 Å². The Bertz CT molecular complexity index is 1180. The van der Waals surface area contributed by atoms with Crippen molar-refractivity contribution in [1.29, 1.82) is 0 Å². The number of nitrogens with zero attached hydrogens (tertiary/aromatic N) is 3. The smallest absolute Gasteiger partial charge is 0.368 e. The molecule has 1 unspecified atom stereocenters. The van der Waals surface area contributed by atoms with Gasteiger partial charge in [0.15, 0.2) is 0 Å². The molecule has 35 heavy (non-hydrogen) atoms. The molecule has 0 radical (unpaired) electrons. The van der Waals surface area contributed by atoms with Crippen molar-refractivity contribution in [2.45, 2.75) is 38.9 Å². The fourth-order valence-corrected chi connectivity index (χ4v) is 4.41. The summed E-state index contributed by atoms with van der Waals surface area (Å²) in [6.07, 6.45) is -1.90. The Morgan fingerprint density at radius 3 is 2.51 bits per heavy atom. The number of alkyl halides is 3. The van der Waals surface area contributed by atoms with Crippen LogP contribution in [0.2, 0.25) is 0 Å². The van der Waals surface area contributed by atoms with Crippen molar-refractivity contribution in [3.63, 3.8) is 0 Å². The minimum atomic E-state index is -4.45. The number of hydrogen-bond acceptors (Lipinski definition) is 4. The van der Waals surface area contributed by atoms with E-state index in [4.69, 9.17) is 0 Å². The molecule has 1 amide bonds. The van der Waals surface area contributed by atoms with E-state index in [0.717, 1.165) is 25.1 Å². The van der Waals surface area contributed by atoms with Crippen molar-refractivity contribution in [2.75, 3.05) is 18.4 Å². The molecule has 0 bridgehead atoms. The van der Waals surface area contributed by atoms with E-state index in [0.29, 0.717) is 41.4 Å². The molecule has 0 saturated carbocycles. The van der Waals surface area contributed by atoms with Crippen LogP contribution in [0.1, 0.15) is 41.5 Å². The van der Waals surface area contributed by atoms with Gasteiger partial charge in [0.25, 0.3) is 5.91 Å². The minimum absolute atomic E-state index is 0.161. The summed E-state index contributed by atoms with van der Waals surface area (Å²) in [5.74, 6) is -0.126. The van der Waals surface area contributed by atoms with Crippen molar-refractivity contribution >= 4 is 11.7 Å². The summed E-state index contributed by atoms with van der Waals surface area (Å²) in [7, 11) is 0. The highest BCUT2D eigenvalue weighted by atomic mass is 19.4. The molecule has 2 atom stereocenters. The molecule has 1 aliphatic heterocycles. The number of amides is 1. The lowest BCUT2D eigenvalue weighted by molar-refractivity contribution is -0.137. The lowest BCUT2D eigenvalue weighted by Crippen LogP contribution is -2.51. The molecule has 2 aromatic heterocycles. The third-order valence-corrected chi connectivity index (χ3v) is 6.35. The van der Waals surface area contributed by atoms with Gasteiger partial charge in [-0.15, -0.1) is 0 Å². The van der Waals surface area contributed by atoms with Crippen molar-refractivity contribution in [3.8, 4) is 11.1 Å². The van der Waals surface area contributed by atoms with Gasteiger partial charge in [0.1, 0.15) is 17.3 Å². The van der Waals surface area contributed by atoms with Crippen molar-refractivity contribution in [3.05, 3.63) is 77.5 Å². The zero-order valence-electron chi connectivity index (χ0n) is 19.4. The Kier molecular flexibility index (Phi) is 7.05. The molecule has 1 fully saturated rings. The lowest BCUT2D eigenvalue weighted by atomic mass is 9.90. The summed E-state index contributed by atoms with van der Waals surface area (Å²) in [6, 6.07) is 11.6. The number of anilines is 1. The average molecular weight is 487 g/mol. The molecule has 4 rings (SSSR count). The maximum atomic E-state index is 13.8.